The third-order valence-electron chi connectivity index (χ3n) is 5.21. The summed E-state index contributed by atoms with van der Waals surface area (Å²) in [7, 11) is 1.62. The van der Waals surface area contributed by atoms with Crippen molar-refractivity contribution in [2.75, 3.05) is 13.7 Å². The highest BCUT2D eigenvalue weighted by atomic mass is 19.1. The number of ether oxygens (including phenoxy) is 2. The van der Waals surface area contributed by atoms with E-state index in [0.29, 0.717) is 13.0 Å². The van der Waals surface area contributed by atoms with Crippen LogP contribution in [-0.2, 0) is 20.7 Å². The molecular formula is C25H26FNO4. The van der Waals surface area contributed by atoms with Crippen LogP contribution in [0.2, 0.25) is 0 Å². The highest BCUT2D eigenvalue weighted by Crippen LogP contribution is 2.26. The molecular weight excluding hydrogens is 397 g/mol. The molecule has 6 heteroatoms. The molecule has 1 amide bonds. The van der Waals surface area contributed by atoms with Gasteiger partial charge >= 0.3 is 5.97 Å². The number of hydrogen-bond acceptors (Lipinski definition) is 4. The van der Waals surface area contributed by atoms with Crippen LogP contribution in [-0.4, -0.2) is 31.6 Å². The number of esters is 1. The first-order valence-electron chi connectivity index (χ1n) is 10.2. The van der Waals surface area contributed by atoms with E-state index in [0.717, 1.165) is 27.6 Å². The molecule has 0 saturated carbocycles. The Labute approximate surface area is 181 Å². The molecule has 3 aromatic rings. The molecule has 0 aliphatic rings. The molecule has 0 unspecified atom stereocenters. The van der Waals surface area contributed by atoms with Crippen LogP contribution < -0.4 is 10.1 Å². The molecule has 0 radical (unpaired) electrons. The van der Waals surface area contributed by atoms with Gasteiger partial charge in [0.2, 0.25) is 0 Å². The average molecular weight is 423 g/mol. The monoisotopic (exact) mass is 423 g/mol. The Morgan fingerprint density at radius 1 is 0.968 bits per heavy atom. The van der Waals surface area contributed by atoms with Gasteiger partial charge in [-0.05, 0) is 66.4 Å². The predicted molar refractivity (Wildman–Crippen MR) is 118 cm³/mol. The topological polar surface area (TPSA) is 64.6 Å². The number of carbonyl (C=O) groups is 2. The van der Waals surface area contributed by atoms with E-state index in [2.05, 4.69) is 5.32 Å². The number of benzene rings is 3. The third kappa shape index (κ3) is 5.81. The van der Waals surface area contributed by atoms with E-state index in [9.17, 15) is 14.0 Å². The van der Waals surface area contributed by atoms with Gasteiger partial charge in [-0.15, -0.1) is 0 Å². The average Bonchev–Trinajstić information content (AvgIpc) is 2.78. The van der Waals surface area contributed by atoms with Gasteiger partial charge < -0.3 is 14.8 Å². The van der Waals surface area contributed by atoms with E-state index < -0.39 is 18.0 Å². The summed E-state index contributed by atoms with van der Waals surface area (Å²) in [4.78, 5) is 24.8. The number of methoxy groups -OCH3 is 1. The van der Waals surface area contributed by atoms with Crippen molar-refractivity contribution in [2.24, 2.45) is 0 Å². The van der Waals surface area contributed by atoms with Crippen molar-refractivity contribution in [3.05, 3.63) is 77.6 Å². The lowest BCUT2D eigenvalue weighted by atomic mass is 9.98. The first kappa shape index (κ1) is 22.3. The Morgan fingerprint density at radius 3 is 2.35 bits per heavy atom. The minimum absolute atomic E-state index is 0.298. The molecule has 1 N–H and O–H groups in total. The number of carbonyl (C=O) groups excluding carboxylic acids is 2. The van der Waals surface area contributed by atoms with Gasteiger partial charge in [0.15, 0.2) is 6.10 Å². The third-order valence-corrected chi connectivity index (χ3v) is 5.21. The highest BCUT2D eigenvalue weighted by molar-refractivity contribution is 5.88. The zero-order valence-electron chi connectivity index (χ0n) is 17.9. The molecule has 0 heterocycles. The first-order valence-corrected chi connectivity index (χ1v) is 10.2. The highest BCUT2D eigenvalue weighted by Gasteiger charge is 2.23. The summed E-state index contributed by atoms with van der Waals surface area (Å²) in [5.74, 6) is -0.871. The first-order chi connectivity index (χ1) is 14.9. The fourth-order valence-electron chi connectivity index (χ4n) is 3.23. The second-order valence-corrected chi connectivity index (χ2v) is 7.44. The quantitative estimate of drug-likeness (QED) is 0.546. The van der Waals surface area contributed by atoms with Crippen LogP contribution in [0.3, 0.4) is 0 Å². The van der Waals surface area contributed by atoms with Crippen LogP contribution in [0.4, 0.5) is 4.39 Å². The second kappa shape index (κ2) is 10.1. The minimum atomic E-state index is -0.909. The molecule has 0 aliphatic carbocycles. The second-order valence-electron chi connectivity index (χ2n) is 7.44. The number of amides is 1. The van der Waals surface area contributed by atoms with Gasteiger partial charge in [0.05, 0.1) is 13.0 Å². The molecule has 3 rings (SSSR count). The van der Waals surface area contributed by atoms with Crippen LogP contribution in [0.1, 0.15) is 30.9 Å². The summed E-state index contributed by atoms with van der Waals surface area (Å²) in [6.45, 7) is 3.67. The molecule has 2 atom stereocenters. The van der Waals surface area contributed by atoms with E-state index in [4.69, 9.17) is 9.47 Å². The van der Waals surface area contributed by atoms with Crippen molar-refractivity contribution >= 4 is 22.6 Å². The maximum atomic E-state index is 12.9. The van der Waals surface area contributed by atoms with Crippen molar-refractivity contribution in [3.63, 3.8) is 0 Å². The maximum Gasteiger partial charge on any atom is 0.313 e. The Balaban J connectivity index is 1.53. The molecule has 5 nitrogen and oxygen atoms in total. The van der Waals surface area contributed by atoms with Crippen LogP contribution >= 0.6 is 0 Å². The zero-order valence-corrected chi connectivity index (χ0v) is 17.9. The lowest BCUT2D eigenvalue weighted by Gasteiger charge is -2.17. The summed E-state index contributed by atoms with van der Waals surface area (Å²) in [6, 6.07) is 17.6. The maximum absolute atomic E-state index is 12.9. The van der Waals surface area contributed by atoms with E-state index in [1.807, 2.05) is 36.4 Å². The van der Waals surface area contributed by atoms with E-state index in [1.165, 1.54) is 12.1 Å². The van der Waals surface area contributed by atoms with Gasteiger partial charge in [0.1, 0.15) is 11.6 Å². The standard InChI is InChI=1S/C25H26FNO4/c1-16(19-6-7-21-15-23(30-3)11-8-20(21)14-19)25(29)31-17(2)24(28)27-13-12-18-4-9-22(26)10-5-18/h4-11,14-17H,12-13H2,1-3H3,(H,27,28)/t16-,17-/m0/s1. The largest absolute Gasteiger partial charge is 0.497 e. The van der Waals surface area contributed by atoms with Crippen LogP contribution in [0.5, 0.6) is 5.75 Å². The Morgan fingerprint density at radius 2 is 1.65 bits per heavy atom. The molecule has 0 bridgehead atoms. The summed E-state index contributed by atoms with van der Waals surface area (Å²) < 4.78 is 23.5. The molecule has 0 saturated heterocycles. The summed E-state index contributed by atoms with van der Waals surface area (Å²) in [5, 5.41) is 4.74. The number of rotatable bonds is 8. The van der Waals surface area contributed by atoms with Crippen LogP contribution in [0.25, 0.3) is 10.8 Å². The van der Waals surface area contributed by atoms with Gasteiger partial charge in [-0.1, -0.05) is 36.4 Å². The van der Waals surface area contributed by atoms with Crippen molar-refractivity contribution in [1.82, 2.24) is 5.32 Å². The van der Waals surface area contributed by atoms with Crippen LogP contribution in [0.15, 0.2) is 60.7 Å². The van der Waals surface area contributed by atoms with Crippen LogP contribution in [0, 0.1) is 5.82 Å². The van der Waals surface area contributed by atoms with E-state index in [1.54, 1.807) is 33.1 Å². The molecule has 0 aliphatic heterocycles. The smallest absolute Gasteiger partial charge is 0.313 e. The predicted octanol–water partition coefficient (Wildman–Crippen LogP) is 4.38. The molecule has 0 aromatic heterocycles. The zero-order chi connectivity index (χ0) is 22.4. The Kier molecular flexibility index (Phi) is 7.23. The van der Waals surface area contributed by atoms with Gasteiger partial charge in [0, 0.05) is 6.54 Å². The number of nitrogens with one attached hydrogen (secondary N) is 1. The van der Waals surface area contributed by atoms with E-state index >= 15 is 0 Å². The fourth-order valence-corrected chi connectivity index (χ4v) is 3.23. The molecule has 162 valence electrons. The Hall–Kier alpha value is -3.41. The molecule has 0 fully saturated rings. The van der Waals surface area contributed by atoms with Crippen molar-refractivity contribution in [3.8, 4) is 5.75 Å². The lowest BCUT2D eigenvalue weighted by Crippen LogP contribution is -2.37. The normalized spacial score (nSPS) is 12.8. The molecule has 3 aromatic carbocycles. The molecule has 31 heavy (non-hydrogen) atoms. The fraction of sp³-hybridized carbons (Fsp3) is 0.280. The SMILES string of the molecule is COc1ccc2cc([C@H](C)C(=O)O[C@@H](C)C(=O)NCCc3ccc(F)cc3)ccc2c1. The van der Waals surface area contributed by atoms with Gasteiger partial charge in [0.25, 0.3) is 5.91 Å². The Bertz CT molecular complexity index is 1060. The summed E-state index contributed by atoms with van der Waals surface area (Å²) in [5.41, 5.74) is 1.72. The van der Waals surface area contributed by atoms with E-state index in [-0.39, 0.29) is 11.7 Å². The van der Waals surface area contributed by atoms with Gasteiger partial charge in [-0.25, -0.2) is 4.39 Å². The van der Waals surface area contributed by atoms with Crippen molar-refractivity contribution < 1.29 is 23.5 Å². The summed E-state index contributed by atoms with van der Waals surface area (Å²) >= 11 is 0. The van der Waals surface area contributed by atoms with Gasteiger partial charge in [-0.2, -0.15) is 0 Å². The lowest BCUT2D eigenvalue weighted by molar-refractivity contribution is -0.155. The molecule has 0 spiro atoms. The minimum Gasteiger partial charge on any atom is -0.497 e. The summed E-state index contributed by atoms with van der Waals surface area (Å²) in [6.07, 6.45) is -0.349. The number of fused-ring (bicyclic) bond motifs is 1. The van der Waals surface area contributed by atoms with Crippen molar-refractivity contribution in [1.29, 1.82) is 0 Å². The number of hydrogen-bond donors (Lipinski definition) is 1. The van der Waals surface area contributed by atoms with Crippen molar-refractivity contribution in [2.45, 2.75) is 32.3 Å². The number of halogens is 1. The van der Waals surface area contributed by atoms with Gasteiger partial charge in [-0.3, -0.25) is 9.59 Å².